The molecule has 0 radical (unpaired) electrons. The predicted molar refractivity (Wildman–Crippen MR) is 99.8 cm³/mol. The van der Waals surface area contributed by atoms with Gasteiger partial charge in [-0.05, 0) is 62.2 Å². The van der Waals surface area contributed by atoms with Crippen LogP contribution in [-0.4, -0.2) is 38.1 Å². The molecule has 0 fully saturated rings. The first-order valence-electron chi connectivity index (χ1n) is 8.85. The normalized spacial score (nSPS) is 14.2. The quantitative estimate of drug-likeness (QED) is 0.844. The highest BCUT2D eigenvalue weighted by molar-refractivity contribution is 5.78. The molecule has 4 nitrogen and oxygen atoms in total. The van der Waals surface area contributed by atoms with E-state index in [9.17, 15) is 4.79 Å². The van der Waals surface area contributed by atoms with Gasteiger partial charge in [0.15, 0.2) is 6.61 Å². The molecule has 25 heavy (non-hydrogen) atoms. The lowest BCUT2D eigenvalue weighted by molar-refractivity contribution is -0.124. The molecule has 2 aromatic rings. The standard InChI is InChI=1S/C21H26N2O2/c1-23(2)14-20(17-7-4-3-5-8-17)22-21(24)15-25-19-12-11-16-9-6-10-18(16)13-19/h3-5,7-8,11-13,20H,6,9-10,14-15H2,1-2H3,(H,22,24)/t20-/m1/s1. The van der Waals surface area contributed by atoms with Crippen molar-refractivity contribution in [3.8, 4) is 5.75 Å². The van der Waals surface area contributed by atoms with E-state index < -0.39 is 0 Å². The lowest BCUT2D eigenvalue weighted by atomic mass is 10.1. The van der Waals surface area contributed by atoms with Gasteiger partial charge in [0.2, 0.25) is 0 Å². The van der Waals surface area contributed by atoms with Gasteiger partial charge >= 0.3 is 0 Å². The third-order valence-corrected chi connectivity index (χ3v) is 4.52. The van der Waals surface area contributed by atoms with E-state index in [2.05, 4.69) is 22.3 Å². The minimum atomic E-state index is -0.101. The summed E-state index contributed by atoms with van der Waals surface area (Å²) in [6, 6.07) is 16.1. The SMILES string of the molecule is CN(C)C[C@@H](NC(=O)COc1ccc2c(c1)CCC2)c1ccccc1. The Morgan fingerprint density at radius 1 is 1.12 bits per heavy atom. The molecule has 0 unspecified atom stereocenters. The topological polar surface area (TPSA) is 41.6 Å². The van der Waals surface area contributed by atoms with E-state index in [1.165, 1.54) is 17.5 Å². The lowest BCUT2D eigenvalue weighted by Crippen LogP contribution is -2.37. The first-order chi connectivity index (χ1) is 12.1. The number of nitrogens with one attached hydrogen (secondary N) is 1. The van der Waals surface area contributed by atoms with E-state index in [1.54, 1.807) is 0 Å². The summed E-state index contributed by atoms with van der Waals surface area (Å²) in [5.41, 5.74) is 3.86. The highest BCUT2D eigenvalue weighted by Gasteiger charge is 2.16. The van der Waals surface area contributed by atoms with Crippen LogP contribution < -0.4 is 10.1 Å². The van der Waals surface area contributed by atoms with Gasteiger partial charge in [0.05, 0.1) is 6.04 Å². The number of aryl methyl sites for hydroxylation is 2. The first kappa shape index (κ1) is 17.5. The van der Waals surface area contributed by atoms with Crippen LogP contribution in [0.15, 0.2) is 48.5 Å². The van der Waals surface area contributed by atoms with Crippen molar-refractivity contribution in [3.05, 3.63) is 65.2 Å². The number of carbonyl (C=O) groups is 1. The maximum atomic E-state index is 12.4. The van der Waals surface area contributed by atoms with E-state index in [0.717, 1.165) is 30.7 Å². The van der Waals surface area contributed by atoms with Gasteiger partial charge in [-0.25, -0.2) is 0 Å². The van der Waals surface area contributed by atoms with Gasteiger partial charge in [0, 0.05) is 6.54 Å². The van der Waals surface area contributed by atoms with E-state index in [4.69, 9.17) is 4.74 Å². The summed E-state index contributed by atoms with van der Waals surface area (Å²) in [6.45, 7) is 0.782. The van der Waals surface area contributed by atoms with Crippen LogP contribution in [0.3, 0.4) is 0 Å². The molecular weight excluding hydrogens is 312 g/mol. The van der Waals surface area contributed by atoms with E-state index >= 15 is 0 Å². The Bertz CT molecular complexity index is 713. The zero-order valence-corrected chi connectivity index (χ0v) is 15.0. The van der Waals surface area contributed by atoms with Gasteiger partial charge in [-0.15, -0.1) is 0 Å². The summed E-state index contributed by atoms with van der Waals surface area (Å²) in [4.78, 5) is 14.4. The fourth-order valence-electron chi connectivity index (χ4n) is 3.31. The predicted octanol–water partition coefficient (Wildman–Crippen LogP) is 2.97. The summed E-state index contributed by atoms with van der Waals surface area (Å²) < 4.78 is 5.71. The Morgan fingerprint density at radius 3 is 2.64 bits per heavy atom. The molecule has 3 rings (SSSR count). The van der Waals surface area contributed by atoms with Crippen LogP contribution in [0.1, 0.15) is 29.2 Å². The second kappa shape index (κ2) is 8.17. The van der Waals surface area contributed by atoms with Gasteiger partial charge in [0.25, 0.3) is 5.91 Å². The second-order valence-electron chi connectivity index (χ2n) is 6.87. The van der Waals surface area contributed by atoms with E-state index in [0.29, 0.717) is 0 Å². The molecule has 1 N–H and O–H groups in total. The number of benzene rings is 2. The van der Waals surface area contributed by atoms with Crippen LogP contribution in [-0.2, 0) is 17.6 Å². The van der Waals surface area contributed by atoms with Crippen LogP contribution in [0.4, 0.5) is 0 Å². The number of fused-ring (bicyclic) bond motifs is 1. The molecule has 0 aliphatic heterocycles. The highest BCUT2D eigenvalue weighted by atomic mass is 16.5. The van der Waals surface area contributed by atoms with Crippen molar-refractivity contribution >= 4 is 5.91 Å². The van der Waals surface area contributed by atoms with Gasteiger partial charge in [-0.2, -0.15) is 0 Å². The minimum absolute atomic E-state index is 0.0373. The molecule has 1 aliphatic carbocycles. The largest absolute Gasteiger partial charge is 0.484 e. The molecule has 4 heteroatoms. The Balaban J connectivity index is 1.58. The average molecular weight is 338 g/mol. The smallest absolute Gasteiger partial charge is 0.258 e. The van der Waals surface area contributed by atoms with Crippen LogP contribution in [0.5, 0.6) is 5.75 Å². The summed E-state index contributed by atoms with van der Waals surface area (Å²) in [5.74, 6) is 0.677. The zero-order valence-electron chi connectivity index (χ0n) is 15.0. The Morgan fingerprint density at radius 2 is 1.88 bits per heavy atom. The molecule has 1 atom stereocenters. The molecular formula is C21H26N2O2. The number of carbonyl (C=O) groups excluding carboxylic acids is 1. The van der Waals surface area contributed by atoms with Crippen molar-refractivity contribution in [1.29, 1.82) is 0 Å². The molecule has 0 spiro atoms. The molecule has 2 aromatic carbocycles. The Hall–Kier alpha value is -2.33. The second-order valence-corrected chi connectivity index (χ2v) is 6.87. The van der Waals surface area contributed by atoms with Gasteiger partial charge in [-0.3, -0.25) is 4.79 Å². The highest BCUT2D eigenvalue weighted by Crippen LogP contribution is 2.26. The summed E-state index contributed by atoms with van der Waals surface area (Å²) >= 11 is 0. The Kier molecular flexibility index (Phi) is 5.71. The van der Waals surface area contributed by atoms with Crippen LogP contribution >= 0.6 is 0 Å². The van der Waals surface area contributed by atoms with Gasteiger partial charge < -0.3 is 15.0 Å². The molecule has 0 bridgehead atoms. The summed E-state index contributed by atoms with van der Waals surface area (Å²) in [6.07, 6.45) is 3.47. The maximum absolute atomic E-state index is 12.4. The first-order valence-corrected chi connectivity index (χ1v) is 8.85. The monoisotopic (exact) mass is 338 g/mol. The molecule has 1 aliphatic rings. The minimum Gasteiger partial charge on any atom is -0.484 e. The number of likely N-dealkylation sites (N-methyl/N-ethyl adjacent to an activating group) is 1. The maximum Gasteiger partial charge on any atom is 0.258 e. The summed E-state index contributed by atoms with van der Waals surface area (Å²) in [5, 5.41) is 3.08. The average Bonchev–Trinajstić information content (AvgIpc) is 3.07. The molecule has 0 heterocycles. The zero-order chi connectivity index (χ0) is 17.6. The number of rotatable bonds is 7. The Labute approximate surface area is 149 Å². The third kappa shape index (κ3) is 4.83. The van der Waals surface area contributed by atoms with Crippen molar-refractivity contribution in [1.82, 2.24) is 10.2 Å². The van der Waals surface area contributed by atoms with E-state index in [-0.39, 0.29) is 18.6 Å². The van der Waals surface area contributed by atoms with Crippen LogP contribution in [0.2, 0.25) is 0 Å². The van der Waals surface area contributed by atoms with Gasteiger partial charge in [-0.1, -0.05) is 36.4 Å². The molecule has 0 saturated heterocycles. The van der Waals surface area contributed by atoms with Crippen LogP contribution in [0, 0.1) is 0 Å². The molecule has 0 aromatic heterocycles. The van der Waals surface area contributed by atoms with Crippen LogP contribution in [0.25, 0.3) is 0 Å². The van der Waals surface area contributed by atoms with Crippen molar-refractivity contribution in [2.45, 2.75) is 25.3 Å². The lowest BCUT2D eigenvalue weighted by Gasteiger charge is -2.23. The number of hydrogen-bond acceptors (Lipinski definition) is 3. The molecule has 132 valence electrons. The van der Waals surface area contributed by atoms with E-state index in [1.807, 2.05) is 50.5 Å². The van der Waals surface area contributed by atoms with Crippen molar-refractivity contribution in [3.63, 3.8) is 0 Å². The number of amides is 1. The number of hydrogen-bond donors (Lipinski definition) is 1. The third-order valence-electron chi connectivity index (χ3n) is 4.52. The van der Waals surface area contributed by atoms with Gasteiger partial charge in [0.1, 0.15) is 5.75 Å². The molecule has 0 saturated carbocycles. The van der Waals surface area contributed by atoms with Crippen molar-refractivity contribution in [2.75, 3.05) is 27.2 Å². The van der Waals surface area contributed by atoms with Crippen molar-refractivity contribution in [2.24, 2.45) is 0 Å². The fourth-order valence-corrected chi connectivity index (χ4v) is 3.31. The van der Waals surface area contributed by atoms with Crippen molar-refractivity contribution < 1.29 is 9.53 Å². The summed E-state index contributed by atoms with van der Waals surface area (Å²) in [7, 11) is 4.01. The fraction of sp³-hybridized carbons (Fsp3) is 0.381. The molecule has 1 amide bonds. The number of nitrogens with zero attached hydrogens (tertiary/aromatic N) is 1. The number of ether oxygens (including phenoxy) is 1.